The number of nitrogens with zero attached hydrogens (tertiary/aromatic N) is 2. The molecule has 0 bridgehead atoms. The van der Waals surface area contributed by atoms with Crippen LogP contribution in [0.1, 0.15) is 40.3 Å². The van der Waals surface area contributed by atoms with Gasteiger partial charge in [0.1, 0.15) is 12.1 Å². The van der Waals surface area contributed by atoms with Crippen molar-refractivity contribution in [2.75, 3.05) is 0 Å². The van der Waals surface area contributed by atoms with Crippen LogP contribution in [0.3, 0.4) is 0 Å². The quantitative estimate of drug-likeness (QED) is 0.645. The number of nitrogens with one attached hydrogen (secondary N) is 1. The van der Waals surface area contributed by atoms with Crippen molar-refractivity contribution < 1.29 is 13.6 Å². The molecule has 0 unspecified atom stereocenters. The lowest BCUT2D eigenvalue weighted by Gasteiger charge is -2.20. The largest absolute Gasteiger partial charge is 0.447 e. The van der Waals surface area contributed by atoms with Crippen LogP contribution in [0.2, 0.25) is 0 Å². The van der Waals surface area contributed by atoms with Crippen molar-refractivity contribution in [3.63, 3.8) is 0 Å². The molecule has 1 amide bonds. The first-order chi connectivity index (χ1) is 13.7. The highest BCUT2D eigenvalue weighted by Crippen LogP contribution is 2.29. The van der Waals surface area contributed by atoms with E-state index in [2.05, 4.69) is 15.2 Å². The molecule has 1 fully saturated rings. The first-order valence-electron chi connectivity index (χ1n) is 9.42. The zero-order valence-electron chi connectivity index (χ0n) is 15.5. The Morgan fingerprint density at radius 1 is 1.07 bits per heavy atom. The number of halogens is 1. The number of amides is 1. The maximum Gasteiger partial charge on any atom is 0.273 e. The van der Waals surface area contributed by atoms with Crippen LogP contribution in [-0.2, 0) is 19.6 Å². The fraction of sp³-hybridized carbons (Fsp3) is 0.273. The molecule has 3 aromatic rings. The van der Waals surface area contributed by atoms with Crippen LogP contribution in [0.15, 0.2) is 65.3 Å². The standard InChI is InChI=1S/C22H22FN3O2/c23-18-8-6-17(7-9-18)13-26(19-10-11-19)14-21-25-20(15-28-21)22(27)24-12-16-4-2-1-3-5-16/h1-9,15,19H,10-14H2,(H,24,27). The number of hydrogen-bond acceptors (Lipinski definition) is 4. The molecular weight excluding hydrogens is 357 g/mol. The minimum absolute atomic E-state index is 0.236. The third-order valence-electron chi connectivity index (χ3n) is 4.78. The predicted molar refractivity (Wildman–Crippen MR) is 103 cm³/mol. The van der Waals surface area contributed by atoms with Crippen molar-refractivity contribution in [2.45, 2.75) is 38.5 Å². The molecule has 5 nitrogen and oxygen atoms in total. The van der Waals surface area contributed by atoms with Gasteiger partial charge in [0.15, 0.2) is 5.69 Å². The van der Waals surface area contributed by atoms with Crippen molar-refractivity contribution in [2.24, 2.45) is 0 Å². The van der Waals surface area contributed by atoms with Crippen LogP contribution < -0.4 is 5.32 Å². The summed E-state index contributed by atoms with van der Waals surface area (Å²) in [5.41, 5.74) is 2.35. The molecule has 0 saturated heterocycles. The molecule has 6 heteroatoms. The molecule has 0 atom stereocenters. The molecule has 0 aliphatic heterocycles. The Hall–Kier alpha value is -2.99. The molecular formula is C22H22FN3O2. The lowest BCUT2D eigenvalue weighted by molar-refractivity contribution is 0.0945. The predicted octanol–water partition coefficient (Wildman–Crippen LogP) is 3.91. The summed E-state index contributed by atoms with van der Waals surface area (Å²) in [5, 5.41) is 2.85. The molecule has 1 aromatic heterocycles. The van der Waals surface area contributed by atoms with Crippen LogP contribution in [-0.4, -0.2) is 21.8 Å². The van der Waals surface area contributed by atoms with Crippen LogP contribution in [0.5, 0.6) is 0 Å². The van der Waals surface area contributed by atoms with Gasteiger partial charge >= 0.3 is 0 Å². The summed E-state index contributed by atoms with van der Waals surface area (Å²) in [6.45, 7) is 1.66. The van der Waals surface area contributed by atoms with Crippen molar-refractivity contribution in [3.05, 3.63) is 89.4 Å². The Kier molecular flexibility index (Phi) is 5.48. The minimum Gasteiger partial charge on any atom is -0.447 e. The summed E-state index contributed by atoms with van der Waals surface area (Å²) in [6.07, 6.45) is 3.66. The molecule has 1 aliphatic rings. The Morgan fingerprint density at radius 2 is 1.82 bits per heavy atom. The number of carbonyl (C=O) groups excluding carboxylic acids is 1. The number of rotatable bonds is 8. The topological polar surface area (TPSA) is 58.4 Å². The maximum absolute atomic E-state index is 13.1. The number of hydrogen-bond donors (Lipinski definition) is 1. The van der Waals surface area contributed by atoms with Gasteiger partial charge in [-0.15, -0.1) is 0 Å². The summed E-state index contributed by atoms with van der Waals surface area (Å²) in [7, 11) is 0. The van der Waals surface area contributed by atoms with E-state index in [1.165, 1.54) is 18.4 Å². The van der Waals surface area contributed by atoms with E-state index in [1.54, 1.807) is 12.1 Å². The van der Waals surface area contributed by atoms with Gasteiger partial charge in [0.05, 0.1) is 6.54 Å². The zero-order valence-corrected chi connectivity index (χ0v) is 15.5. The summed E-state index contributed by atoms with van der Waals surface area (Å²) in [6, 6.07) is 16.7. The second kappa shape index (κ2) is 8.35. The van der Waals surface area contributed by atoms with Gasteiger partial charge in [0, 0.05) is 19.1 Å². The number of aromatic nitrogens is 1. The summed E-state index contributed by atoms with van der Waals surface area (Å²) in [5.74, 6) is 0.0230. The SMILES string of the molecule is O=C(NCc1ccccc1)c1coc(CN(Cc2ccc(F)cc2)C2CC2)n1. The molecule has 1 N–H and O–H groups in total. The molecule has 4 rings (SSSR count). The van der Waals surface area contributed by atoms with Gasteiger partial charge < -0.3 is 9.73 Å². The van der Waals surface area contributed by atoms with E-state index in [9.17, 15) is 9.18 Å². The van der Waals surface area contributed by atoms with Crippen molar-refractivity contribution in [1.82, 2.24) is 15.2 Å². The molecule has 1 saturated carbocycles. The lowest BCUT2D eigenvalue weighted by atomic mass is 10.2. The summed E-state index contributed by atoms with van der Waals surface area (Å²) < 4.78 is 18.6. The molecule has 0 spiro atoms. The average Bonchev–Trinajstić information content (AvgIpc) is 3.47. The first-order valence-corrected chi connectivity index (χ1v) is 9.42. The monoisotopic (exact) mass is 379 g/mol. The fourth-order valence-corrected chi connectivity index (χ4v) is 3.11. The highest BCUT2D eigenvalue weighted by Gasteiger charge is 2.30. The Balaban J connectivity index is 1.35. The van der Waals surface area contributed by atoms with Crippen LogP contribution >= 0.6 is 0 Å². The molecule has 0 radical (unpaired) electrons. The third-order valence-corrected chi connectivity index (χ3v) is 4.78. The van der Waals surface area contributed by atoms with Gasteiger partial charge in [-0.05, 0) is 36.1 Å². The minimum atomic E-state index is -0.254. The van der Waals surface area contributed by atoms with Crippen molar-refractivity contribution >= 4 is 5.91 Å². The van der Waals surface area contributed by atoms with Gasteiger partial charge in [0.2, 0.25) is 5.89 Å². The Bertz CT molecular complexity index is 920. The van der Waals surface area contributed by atoms with Gasteiger partial charge in [0.25, 0.3) is 5.91 Å². The number of oxazole rings is 1. The Labute approximate surface area is 163 Å². The van der Waals surface area contributed by atoms with E-state index in [-0.39, 0.29) is 17.4 Å². The van der Waals surface area contributed by atoms with E-state index >= 15 is 0 Å². The first kappa shape index (κ1) is 18.4. The smallest absolute Gasteiger partial charge is 0.273 e. The lowest BCUT2D eigenvalue weighted by Crippen LogP contribution is -2.26. The molecule has 28 heavy (non-hydrogen) atoms. The van der Waals surface area contributed by atoms with E-state index in [1.807, 2.05) is 30.3 Å². The van der Waals surface area contributed by atoms with E-state index in [0.717, 1.165) is 24.0 Å². The number of benzene rings is 2. The molecule has 144 valence electrons. The van der Waals surface area contributed by atoms with Gasteiger partial charge in [-0.1, -0.05) is 42.5 Å². The molecule has 1 aliphatic carbocycles. The highest BCUT2D eigenvalue weighted by molar-refractivity contribution is 5.91. The van der Waals surface area contributed by atoms with E-state index in [4.69, 9.17) is 4.42 Å². The molecule has 2 aromatic carbocycles. The summed E-state index contributed by atoms with van der Waals surface area (Å²) in [4.78, 5) is 18.9. The average molecular weight is 379 g/mol. The van der Waals surface area contributed by atoms with Crippen molar-refractivity contribution in [1.29, 1.82) is 0 Å². The van der Waals surface area contributed by atoms with E-state index < -0.39 is 0 Å². The third kappa shape index (κ3) is 4.84. The van der Waals surface area contributed by atoms with Gasteiger partial charge in [-0.2, -0.15) is 0 Å². The normalized spacial score (nSPS) is 13.6. The highest BCUT2D eigenvalue weighted by atomic mass is 19.1. The summed E-state index contributed by atoms with van der Waals surface area (Å²) >= 11 is 0. The van der Waals surface area contributed by atoms with E-state index in [0.29, 0.717) is 31.6 Å². The van der Waals surface area contributed by atoms with Crippen LogP contribution in [0.25, 0.3) is 0 Å². The zero-order chi connectivity index (χ0) is 19.3. The second-order valence-electron chi connectivity index (χ2n) is 7.06. The second-order valence-corrected chi connectivity index (χ2v) is 7.06. The Morgan fingerprint density at radius 3 is 2.54 bits per heavy atom. The van der Waals surface area contributed by atoms with Gasteiger partial charge in [-0.3, -0.25) is 9.69 Å². The van der Waals surface area contributed by atoms with Crippen LogP contribution in [0.4, 0.5) is 4.39 Å². The number of carbonyl (C=O) groups is 1. The van der Waals surface area contributed by atoms with Crippen molar-refractivity contribution in [3.8, 4) is 0 Å². The molecule has 1 heterocycles. The van der Waals surface area contributed by atoms with Crippen LogP contribution in [0, 0.1) is 5.82 Å². The maximum atomic E-state index is 13.1. The van der Waals surface area contributed by atoms with Gasteiger partial charge in [-0.25, -0.2) is 9.37 Å². The fourth-order valence-electron chi connectivity index (χ4n) is 3.11.